The molecule has 2 aromatic rings. The summed E-state index contributed by atoms with van der Waals surface area (Å²) < 4.78 is 7.18. The van der Waals surface area contributed by atoms with E-state index in [0.29, 0.717) is 30.7 Å². The number of carbonyl (C=O) groups excluding carboxylic acids is 2. The predicted molar refractivity (Wildman–Crippen MR) is 101 cm³/mol. The van der Waals surface area contributed by atoms with E-state index in [1.165, 1.54) is 0 Å². The fourth-order valence-corrected chi connectivity index (χ4v) is 2.97. The van der Waals surface area contributed by atoms with Gasteiger partial charge in [0.1, 0.15) is 5.52 Å². The van der Waals surface area contributed by atoms with Crippen molar-refractivity contribution in [1.29, 1.82) is 0 Å². The lowest BCUT2D eigenvalue weighted by Gasteiger charge is -2.11. The van der Waals surface area contributed by atoms with Gasteiger partial charge in [-0.3, -0.25) is 4.79 Å². The molecule has 1 fully saturated rings. The third-order valence-corrected chi connectivity index (χ3v) is 4.32. The van der Waals surface area contributed by atoms with Crippen LogP contribution in [0.5, 0.6) is 0 Å². The minimum Gasteiger partial charge on any atom is -0.376 e. The Balaban J connectivity index is 1.50. The second kappa shape index (κ2) is 8.81. The highest BCUT2D eigenvalue weighted by atomic mass is 16.5. The van der Waals surface area contributed by atoms with Gasteiger partial charge in [0.15, 0.2) is 0 Å². The van der Waals surface area contributed by atoms with Crippen LogP contribution >= 0.6 is 0 Å². The molecule has 9 nitrogen and oxygen atoms in total. The summed E-state index contributed by atoms with van der Waals surface area (Å²) in [6, 6.07) is 5.14. The fourth-order valence-electron chi connectivity index (χ4n) is 2.97. The lowest BCUT2D eigenvalue weighted by molar-refractivity contribution is 0.0943. The molecule has 3 amide bonds. The van der Waals surface area contributed by atoms with Crippen LogP contribution in [0.4, 0.5) is 4.79 Å². The Morgan fingerprint density at radius 3 is 2.93 bits per heavy atom. The summed E-state index contributed by atoms with van der Waals surface area (Å²) in [5.41, 5.74) is 2.02. The highest BCUT2D eigenvalue weighted by Crippen LogP contribution is 2.13. The van der Waals surface area contributed by atoms with Gasteiger partial charge >= 0.3 is 6.03 Å². The number of ether oxygens (including phenoxy) is 1. The highest BCUT2D eigenvalue weighted by Gasteiger charge is 2.16. The predicted octanol–water partition coefficient (Wildman–Crippen LogP) is 1.05. The van der Waals surface area contributed by atoms with Gasteiger partial charge in [0.05, 0.1) is 18.2 Å². The van der Waals surface area contributed by atoms with E-state index in [-0.39, 0.29) is 24.1 Å². The first-order valence-corrected chi connectivity index (χ1v) is 9.30. The molecule has 1 atom stereocenters. The maximum Gasteiger partial charge on any atom is 0.314 e. The lowest BCUT2D eigenvalue weighted by Crippen LogP contribution is -2.40. The molecule has 0 unspecified atom stereocenters. The molecule has 1 saturated heterocycles. The van der Waals surface area contributed by atoms with Crippen molar-refractivity contribution in [1.82, 2.24) is 30.9 Å². The van der Waals surface area contributed by atoms with Crippen molar-refractivity contribution in [2.45, 2.75) is 45.4 Å². The summed E-state index contributed by atoms with van der Waals surface area (Å²) >= 11 is 0. The average molecular weight is 374 g/mol. The quantitative estimate of drug-likeness (QED) is 0.671. The summed E-state index contributed by atoms with van der Waals surface area (Å²) in [6.45, 7) is 6.04. The van der Waals surface area contributed by atoms with Crippen LogP contribution in [0.25, 0.3) is 11.0 Å². The molecule has 1 aliphatic heterocycles. The van der Waals surface area contributed by atoms with Crippen LogP contribution in [-0.2, 0) is 11.3 Å². The molecular formula is C18H26N6O3. The summed E-state index contributed by atoms with van der Waals surface area (Å²) in [5, 5.41) is 16.7. The largest absolute Gasteiger partial charge is 0.376 e. The zero-order chi connectivity index (χ0) is 19.2. The van der Waals surface area contributed by atoms with E-state index in [0.717, 1.165) is 25.0 Å². The Hall–Kier alpha value is -2.68. The van der Waals surface area contributed by atoms with Crippen molar-refractivity contribution in [2.24, 2.45) is 0 Å². The van der Waals surface area contributed by atoms with Crippen LogP contribution < -0.4 is 16.0 Å². The van der Waals surface area contributed by atoms with E-state index in [2.05, 4.69) is 26.3 Å². The van der Waals surface area contributed by atoms with Gasteiger partial charge in [0.2, 0.25) is 0 Å². The summed E-state index contributed by atoms with van der Waals surface area (Å²) in [5.74, 6) is -0.133. The maximum atomic E-state index is 12.1. The van der Waals surface area contributed by atoms with Crippen LogP contribution in [0.3, 0.4) is 0 Å². The topological polar surface area (TPSA) is 110 Å². The summed E-state index contributed by atoms with van der Waals surface area (Å²) in [4.78, 5) is 23.9. The molecular weight excluding hydrogens is 348 g/mol. The average Bonchev–Trinajstić information content (AvgIpc) is 3.29. The Bertz CT molecular complexity index is 797. The number of aromatic nitrogens is 3. The maximum absolute atomic E-state index is 12.1. The number of nitrogens with zero attached hydrogens (tertiary/aromatic N) is 3. The molecule has 9 heteroatoms. The molecule has 0 aliphatic carbocycles. The number of amides is 3. The van der Waals surface area contributed by atoms with Crippen molar-refractivity contribution in [3.05, 3.63) is 23.8 Å². The third-order valence-electron chi connectivity index (χ3n) is 4.32. The first-order valence-electron chi connectivity index (χ1n) is 9.30. The number of nitrogens with one attached hydrogen (secondary N) is 3. The minimum atomic E-state index is -0.220. The molecule has 0 saturated carbocycles. The van der Waals surface area contributed by atoms with E-state index in [1.807, 2.05) is 19.9 Å². The molecule has 0 spiro atoms. The molecule has 27 heavy (non-hydrogen) atoms. The van der Waals surface area contributed by atoms with Crippen LogP contribution in [-0.4, -0.2) is 58.8 Å². The van der Waals surface area contributed by atoms with Crippen molar-refractivity contribution >= 4 is 23.0 Å². The van der Waals surface area contributed by atoms with Gasteiger partial charge < -0.3 is 20.7 Å². The Morgan fingerprint density at radius 1 is 1.33 bits per heavy atom. The zero-order valence-corrected chi connectivity index (χ0v) is 15.7. The monoisotopic (exact) mass is 374 g/mol. The van der Waals surface area contributed by atoms with Crippen molar-refractivity contribution in [3.63, 3.8) is 0 Å². The molecule has 3 N–H and O–H groups in total. The smallest absolute Gasteiger partial charge is 0.314 e. The van der Waals surface area contributed by atoms with Crippen LogP contribution in [0.1, 0.15) is 37.0 Å². The van der Waals surface area contributed by atoms with Gasteiger partial charge in [-0.05, 0) is 44.9 Å². The number of fused-ring (bicyclic) bond motifs is 1. The van der Waals surface area contributed by atoms with E-state index in [4.69, 9.17) is 4.74 Å². The standard InChI is InChI=1S/C18H26N6O3/c1-12(2)21-17(25)13-5-6-16-15(10-13)22-23-24(16)8-7-19-18(26)20-11-14-4-3-9-27-14/h5-6,10,12,14H,3-4,7-9,11H2,1-2H3,(H,21,25)(H2,19,20,26)/t14-/m1/s1. The van der Waals surface area contributed by atoms with Gasteiger partial charge in [0.25, 0.3) is 5.91 Å². The van der Waals surface area contributed by atoms with Gasteiger partial charge in [-0.25, -0.2) is 9.48 Å². The van der Waals surface area contributed by atoms with Crippen LogP contribution in [0.15, 0.2) is 18.2 Å². The van der Waals surface area contributed by atoms with E-state index < -0.39 is 0 Å². The third kappa shape index (κ3) is 5.16. The molecule has 3 rings (SSSR count). The zero-order valence-electron chi connectivity index (χ0n) is 15.7. The van der Waals surface area contributed by atoms with Gasteiger partial charge in [-0.15, -0.1) is 5.10 Å². The van der Waals surface area contributed by atoms with E-state index in [1.54, 1.807) is 16.8 Å². The minimum absolute atomic E-state index is 0.0707. The van der Waals surface area contributed by atoms with Crippen LogP contribution in [0.2, 0.25) is 0 Å². The van der Waals surface area contributed by atoms with Gasteiger partial charge in [-0.2, -0.15) is 0 Å². The van der Waals surface area contributed by atoms with Crippen molar-refractivity contribution < 1.29 is 14.3 Å². The normalized spacial score (nSPS) is 16.6. The molecule has 2 heterocycles. The molecule has 1 aliphatic rings. The number of rotatable bonds is 7. The molecule has 146 valence electrons. The van der Waals surface area contributed by atoms with E-state index in [9.17, 15) is 9.59 Å². The van der Waals surface area contributed by atoms with Gasteiger partial charge in [0, 0.05) is 31.3 Å². The second-order valence-corrected chi connectivity index (χ2v) is 6.92. The SMILES string of the molecule is CC(C)NC(=O)c1ccc2c(c1)nnn2CCNC(=O)NC[C@H]1CCCO1. The number of urea groups is 1. The Morgan fingerprint density at radius 2 is 2.19 bits per heavy atom. The van der Waals surface area contributed by atoms with Crippen LogP contribution in [0, 0.1) is 0 Å². The van der Waals surface area contributed by atoms with Gasteiger partial charge in [-0.1, -0.05) is 5.21 Å². The summed E-state index contributed by atoms with van der Waals surface area (Å²) in [6.07, 6.45) is 2.16. The number of carbonyl (C=O) groups is 2. The fraction of sp³-hybridized carbons (Fsp3) is 0.556. The molecule has 0 bridgehead atoms. The van der Waals surface area contributed by atoms with Crippen molar-refractivity contribution in [2.75, 3.05) is 19.7 Å². The lowest BCUT2D eigenvalue weighted by atomic mass is 10.2. The molecule has 0 radical (unpaired) electrons. The first kappa shape index (κ1) is 19.1. The number of benzene rings is 1. The second-order valence-electron chi connectivity index (χ2n) is 6.92. The number of hydrogen-bond donors (Lipinski definition) is 3. The Labute approximate surface area is 157 Å². The van der Waals surface area contributed by atoms with E-state index >= 15 is 0 Å². The summed E-state index contributed by atoms with van der Waals surface area (Å²) in [7, 11) is 0. The molecule has 1 aromatic heterocycles. The first-order chi connectivity index (χ1) is 13.0. The molecule has 1 aromatic carbocycles. The Kier molecular flexibility index (Phi) is 6.23. The number of hydrogen-bond acceptors (Lipinski definition) is 5. The highest BCUT2D eigenvalue weighted by molar-refractivity contribution is 5.97. The van der Waals surface area contributed by atoms with Crippen molar-refractivity contribution in [3.8, 4) is 0 Å².